The Bertz CT molecular complexity index is 1170. The van der Waals surface area contributed by atoms with E-state index in [0.717, 1.165) is 38.4 Å². The van der Waals surface area contributed by atoms with Crippen LogP contribution in [0.25, 0.3) is 15.9 Å². The van der Waals surface area contributed by atoms with E-state index in [0.29, 0.717) is 12.5 Å². The van der Waals surface area contributed by atoms with Crippen LogP contribution in [0.5, 0.6) is 0 Å². The zero-order valence-electron chi connectivity index (χ0n) is 16.6. The van der Waals surface area contributed by atoms with Crippen LogP contribution in [-0.4, -0.2) is 31.9 Å². The second kappa shape index (κ2) is 7.91. The summed E-state index contributed by atoms with van der Waals surface area (Å²) in [4.78, 5) is 7.31. The summed E-state index contributed by atoms with van der Waals surface area (Å²) in [6.45, 7) is 5.11. The number of thioether (sulfide) groups is 2. The van der Waals surface area contributed by atoms with E-state index < -0.39 is 0 Å². The molecule has 0 saturated carbocycles. The van der Waals surface area contributed by atoms with E-state index in [9.17, 15) is 0 Å². The fourth-order valence-electron chi connectivity index (χ4n) is 3.70. The minimum atomic E-state index is 0.246. The van der Waals surface area contributed by atoms with Gasteiger partial charge in [0.1, 0.15) is 4.83 Å². The molecule has 0 fully saturated rings. The Morgan fingerprint density at radius 2 is 2.03 bits per heavy atom. The number of nitrogens with zero attached hydrogens (tertiary/aromatic N) is 4. The van der Waals surface area contributed by atoms with Crippen LogP contribution in [0.3, 0.4) is 0 Å². The van der Waals surface area contributed by atoms with Crippen molar-refractivity contribution in [2.45, 2.75) is 49.0 Å². The Labute approximate surface area is 182 Å². The van der Waals surface area contributed by atoms with Gasteiger partial charge in [-0.15, -0.1) is 21.5 Å². The van der Waals surface area contributed by atoms with Crippen molar-refractivity contribution >= 4 is 50.7 Å². The van der Waals surface area contributed by atoms with E-state index in [2.05, 4.69) is 59.0 Å². The summed E-state index contributed by atoms with van der Waals surface area (Å²) >= 11 is 5.09. The van der Waals surface area contributed by atoms with Crippen LogP contribution in [0.1, 0.15) is 29.9 Å². The summed E-state index contributed by atoms with van der Waals surface area (Å²) in [5.74, 6) is 1.35. The van der Waals surface area contributed by atoms with Gasteiger partial charge in [0.25, 0.3) is 0 Å². The molecule has 150 valence electrons. The first-order chi connectivity index (χ1) is 14.2. The van der Waals surface area contributed by atoms with E-state index in [1.807, 2.05) is 6.07 Å². The molecule has 0 amide bonds. The summed E-state index contributed by atoms with van der Waals surface area (Å²) in [6, 6.07) is 10.5. The molecule has 4 heterocycles. The quantitative estimate of drug-likeness (QED) is 0.303. The van der Waals surface area contributed by atoms with Gasteiger partial charge in [-0.3, -0.25) is 0 Å². The molecule has 5 rings (SSSR count). The normalized spacial score (nSPS) is 16.8. The molecule has 0 radical (unpaired) electrons. The molecule has 1 aliphatic rings. The smallest absolute Gasteiger partial charge is 0.198 e. The monoisotopic (exact) mass is 442 g/mol. The molecule has 1 atom stereocenters. The fourth-order valence-corrected chi connectivity index (χ4v) is 6.36. The lowest BCUT2D eigenvalue weighted by Crippen LogP contribution is -2.26. The van der Waals surface area contributed by atoms with Gasteiger partial charge in [0, 0.05) is 17.1 Å². The number of thiophene rings is 1. The van der Waals surface area contributed by atoms with E-state index in [-0.39, 0.29) is 6.10 Å². The number of hydrogen-bond donors (Lipinski definition) is 0. The lowest BCUT2D eigenvalue weighted by molar-refractivity contribution is 0.00203. The maximum atomic E-state index is 6.09. The molecule has 3 aromatic heterocycles. The highest BCUT2D eigenvalue weighted by Gasteiger charge is 2.28. The number of benzene rings is 1. The van der Waals surface area contributed by atoms with Crippen molar-refractivity contribution in [1.29, 1.82) is 0 Å². The third kappa shape index (κ3) is 3.46. The van der Waals surface area contributed by atoms with Gasteiger partial charge in [0.05, 0.1) is 18.1 Å². The summed E-state index contributed by atoms with van der Waals surface area (Å²) in [6.07, 6.45) is 3.22. The van der Waals surface area contributed by atoms with Crippen LogP contribution in [-0.2, 0) is 23.5 Å². The van der Waals surface area contributed by atoms with E-state index in [4.69, 9.17) is 9.72 Å². The summed E-state index contributed by atoms with van der Waals surface area (Å²) in [7, 11) is 0. The highest BCUT2D eigenvalue weighted by molar-refractivity contribution is 7.99. The van der Waals surface area contributed by atoms with Crippen molar-refractivity contribution in [2.75, 3.05) is 6.26 Å². The third-order valence-corrected chi connectivity index (χ3v) is 8.03. The van der Waals surface area contributed by atoms with E-state index >= 15 is 0 Å². The van der Waals surface area contributed by atoms with E-state index in [1.54, 1.807) is 34.9 Å². The fraction of sp³-hybridized carbons (Fsp3) is 0.381. The van der Waals surface area contributed by atoms with Crippen molar-refractivity contribution in [3.63, 3.8) is 0 Å². The van der Waals surface area contributed by atoms with Crippen LogP contribution in [0, 0.1) is 5.92 Å². The SMILES string of the molecule is CSc1nc2sc3c(c2c2nnc(SCc4ccccc4)n12)CC(C(C)C)OC3. The van der Waals surface area contributed by atoms with Gasteiger partial charge in [0.15, 0.2) is 16.0 Å². The van der Waals surface area contributed by atoms with Gasteiger partial charge in [-0.25, -0.2) is 9.38 Å². The Morgan fingerprint density at radius 3 is 2.79 bits per heavy atom. The standard InChI is InChI=1S/C21H22N4OS3/c1-12(2)15-9-14-16(10-26-15)29-19-17(14)18-23-24-21(25(18)20(22-19)27-3)28-11-13-7-5-4-6-8-13/h4-8,12,15H,9-11H2,1-3H3. The van der Waals surface area contributed by atoms with Crippen LogP contribution < -0.4 is 0 Å². The second-order valence-corrected chi connectivity index (χ2v) is 10.3. The average Bonchev–Trinajstić information content (AvgIpc) is 3.32. The largest absolute Gasteiger partial charge is 0.372 e. The summed E-state index contributed by atoms with van der Waals surface area (Å²) in [5.41, 5.74) is 3.56. The Kier molecular flexibility index (Phi) is 5.28. The predicted molar refractivity (Wildman–Crippen MR) is 121 cm³/mol. The van der Waals surface area contributed by atoms with Crippen molar-refractivity contribution in [3.05, 3.63) is 46.3 Å². The zero-order chi connectivity index (χ0) is 20.0. The Hall–Kier alpha value is -1.61. The predicted octanol–water partition coefficient (Wildman–Crippen LogP) is 5.45. The molecule has 5 nitrogen and oxygen atoms in total. The molecule has 0 saturated heterocycles. The maximum absolute atomic E-state index is 6.09. The molecular weight excluding hydrogens is 420 g/mol. The lowest BCUT2D eigenvalue weighted by Gasteiger charge is -2.26. The molecule has 0 aliphatic carbocycles. The van der Waals surface area contributed by atoms with Gasteiger partial charge in [-0.1, -0.05) is 67.7 Å². The molecule has 0 spiro atoms. The first-order valence-corrected chi connectivity index (χ1v) is 12.7. The zero-order valence-corrected chi connectivity index (χ0v) is 19.0. The highest BCUT2D eigenvalue weighted by Crippen LogP contribution is 2.40. The molecule has 1 aromatic carbocycles. The highest BCUT2D eigenvalue weighted by atomic mass is 32.2. The molecule has 4 aromatic rings. The van der Waals surface area contributed by atoms with Gasteiger partial charge < -0.3 is 4.74 Å². The Morgan fingerprint density at radius 1 is 1.21 bits per heavy atom. The summed E-state index contributed by atoms with van der Waals surface area (Å²) < 4.78 is 8.22. The Balaban J connectivity index is 1.61. The maximum Gasteiger partial charge on any atom is 0.198 e. The second-order valence-electron chi connectivity index (χ2n) is 7.50. The first-order valence-electron chi connectivity index (χ1n) is 9.67. The molecule has 29 heavy (non-hydrogen) atoms. The molecular formula is C21H22N4OS3. The average molecular weight is 443 g/mol. The minimum Gasteiger partial charge on any atom is -0.372 e. The van der Waals surface area contributed by atoms with Gasteiger partial charge in [0.2, 0.25) is 0 Å². The van der Waals surface area contributed by atoms with Crippen LogP contribution in [0.2, 0.25) is 0 Å². The van der Waals surface area contributed by atoms with Crippen LogP contribution in [0.15, 0.2) is 40.6 Å². The van der Waals surface area contributed by atoms with Gasteiger partial charge in [-0.05, 0) is 23.3 Å². The molecule has 1 unspecified atom stereocenters. The van der Waals surface area contributed by atoms with Gasteiger partial charge >= 0.3 is 0 Å². The lowest BCUT2D eigenvalue weighted by atomic mass is 9.96. The first kappa shape index (κ1) is 19.4. The number of hydrogen-bond acceptors (Lipinski definition) is 7. The molecule has 0 bridgehead atoms. The van der Waals surface area contributed by atoms with Gasteiger partial charge in [-0.2, -0.15) is 0 Å². The number of aromatic nitrogens is 4. The van der Waals surface area contributed by atoms with E-state index in [1.165, 1.54) is 16.0 Å². The van der Waals surface area contributed by atoms with Crippen LogP contribution in [0.4, 0.5) is 0 Å². The molecule has 0 N–H and O–H groups in total. The number of rotatable bonds is 5. The number of ether oxygens (including phenoxy) is 1. The topological polar surface area (TPSA) is 52.3 Å². The molecule has 1 aliphatic heterocycles. The van der Waals surface area contributed by atoms with Crippen molar-refractivity contribution in [1.82, 2.24) is 19.6 Å². The van der Waals surface area contributed by atoms with Crippen molar-refractivity contribution in [2.24, 2.45) is 5.92 Å². The minimum absolute atomic E-state index is 0.246. The molecule has 8 heteroatoms. The third-order valence-electron chi connectivity index (χ3n) is 5.29. The number of fused-ring (bicyclic) bond motifs is 5. The summed E-state index contributed by atoms with van der Waals surface area (Å²) in [5, 5.41) is 12.2. The van der Waals surface area contributed by atoms with Crippen molar-refractivity contribution < 1.29 is 4.74 Å². The van der Waals surface area contributed by atoms with Crippen LogP contribution >= 0.6 is 34.9 Å². The van der Waals surface area contributed by atoms with Crippen molar-refractivity contribution in [3.8, 4) is 0 Å².